The van der Waals surface area contributed by atoms with Gasteiger partial charge < -0.3 is 5.32 Å². The maximum atomic E-state index is 8.58. The van der Waals surface area contributed by atoms with E-state index in [0.717, 1.165) is 30.6 Å². The number of nitrogens with zero attached hydrogens (tertiary/aromatic N) is 2. The van der Waals surface area contributed by atoms with E-state index in [0.29, 0.717) is 0 Å². The van der Waals surface area contributed by atoms with Crippen LogP contribution in [-0.2, 0) is 13.0 Å². The molecule has 0 saturated carbocycles. The summed E-state index contributed by atoms with van der Waals surface area (Å²) in [5.74, 6) is 0. The lowest BCUT2D eigenvalue weighted by Gasteiger charge is -2.17. The van der Waals surface area contributed by atoms with Crippen LogP contribution in [0.5, 0.6) is 0 Å². The number of nitriles is 1. The zero-order valence-corrected chi connectivity index (χ0v) is 10.2. The average molecular weight is 237 g/mol. The van der Waals surface area contributed by atoms with Crippen molar-refractivity contribution in [2.45, 2.75) is 13.0 Å². The van der Waals surface area contributed by atoms with Crippen molar-refractivity contribution in [3.8, 4) is 6.07 Å². The minimum atomic E-state index is 0.193. The number of hydrogen-bond donors (Lipinski definition) is 1. The van der Waals surface area contributed by atoms with E-state index in [9.17, 15) is 0 Å². The van der Waals surface area contributed by atoms with Crippen LogP contribution < -0.4 is 5.32 Å². The van der Waals surface area contributed by atoms with Gasteiger partial charge in [0.1, 0.15) is 11.8 Å². The van der Waals surface area contributed by atoms with E-state index in [4.69, 9.17) is 5.26 Å². The molecule has 0 fully saturated rings. The van der Waals surface area contributed by atoms with Gasteiger partial charge in [-0.2, -0.15) is 5.26 Å². The first-order valence-corrected chi connectivity index (χ1v) is 5.85. The van der Waals surface area contributed by atoms with E-state index >= 15 is 0 Å². The lowest BCUT2D eigenvalue weighted by molar-refractivity contribution is 0.643. The SMILES string of the molecule is C=C(C#N)/N=C/C(=C)c1ccc2c(c1)CCNC2. The van der Waals surface area contributed by atoms with Crippen molar-refractivity contribution in [1.82, 2.24) is 5.32 Å². The van der Waals surface area contributed by atoms with E-state index in [-0.39, 0.29) is 5.70 Å². The molecule has 3 nitrogen and oxygen atoms in total. The van der Waals surface area contributed by atoms with Crippen LogP contribution in [0.15, 0.2) is 42.0 Å². The zero-order chi connectivity index (χ0) is 13.0. The third-order valence-electron chi connectivity index (χ3n) is 2.97. The first-order valence-electron chi connectivity index (χ1n) is 5.85. The summed E-state index contributed by atoms with van der Waals surface area (Å²) in [6.07, 6.45) is 2.63. The molecule has 90 valence electrons. The molecular weight excluding hydrogens is 222 g/mol. The molecule has 1 heterocycles. The smallest absolute Gasteiger partial charge is 0.133 e. The summed E-state index contributed by atoms with van der Waals surface area (Å²) < 4.78 is 0. The van der Waals surface area contributed by atoms with Crippen LogP contribution >= 0.6 is 0 Å². The second-order valence-corrected chi connectivity index (χ2v) is 4.25. The van der Waals surface area contributed by atoms with E-state index in [1.165, 1.54) is 11.1 Å². The molecule has 0 unspecified atom stereocenters. The predicted octanol–water partition coefficient (Wildman–Crippen LogP) is 2.45. The van der Waals surface area contributed by atoms with Gasteiger partial charge in [0, 0.05) is 12.8 Å². The highest BCUT2D eigenvalue weighted by Gasteiger charge is 2.09. The zero-order valence-electron chi connectivity index (χ0n) is 10.2. The summed E-state index contributed by atoms with van der Waals surface area (Å²) in [6.45, 7) is 9.41. The predicted molar refractivity (Wildman–Crippen MR) is 74.1 cm³/mol. The van der Waals surface area contributed by atoms with Gasteiger partial charge >= 0.3 is 0 Å². The average Bonchev–Trinajstić information content (AvgIpc) is 2.43. The van der Waals surface area contributed by atoms with Crippen molar-refractivity contribution in [3.05, 3.63) is 53.7 Å². The van der Waals surface area contributed by atoms with Crippen molar-refractivity contribution < 1.29 is 0 Å². The van der Waals surface area contributed by atoms with Crippen LogP contribution in [0.3, 0.4) is 0 Å². The van der Waals surface area contributed by atoms with Crippen molar-refractivity contribution in [2.75, 3.05) is 6.54 Å². The second-order valence-electron chi connectivity index (χ2n) is 4.25. The number of allylic oxidation sites excluding steroid dienone is 2. The maximum absolute atomic E-state index is 8.58. The normalized spacial score (nSPS) is 13.9. The Kier molecular flexibility index (Phi) is 3.71. The number of benzene rings is 1. The van der Waals surface area contributed by atoms with Crippen LogP contribution in [0.2, 0.25) is 0 Å². The fourth-order valence-corrected chi connectivity index (χ4v) is 1.94. The molecule has 0 bridgehead atoms. The first kappa shape index (κ1) is 12.3. The lowest BCUT2D eigenvalue weighted by atomic mass is 9.96. The molecule has 0 saturated heterocycles. The standard InChI is InChI=1S/C15H15N3/c1-11(9-18-12(2)8-16)13-3-4-15-10-17-6-5-14(15)7-13/h3-4,7,9,17H,1-2,5-6,10H2/b18-9+. The van der Waals surface area contributed by atoms with Crippen LogP contribution in [0.25, 0.3) is 5.57 Å². The molecule has 0 aliphatic carbocycles. The summed E-state index contributed by atoms with van der Waals surface area (Å²) >= 11 is 0. The third kappa shape index (κ3) is 2.73. The van der Waals surface area contributed by atoms with Crippen LogP contribution in [0, 0.1) is 11.3 Å². The topological polar surface area (TPSA) is 48.2 Å². The highest BCUT2D eigenvalue weighted by Crippen LogP contribution is 2.19. The summed E-state index contributed by atoms with van der Waals surface area (Å²) in [6, 6.07) is 8.19. The van der Waals surface area contributed by atoms with E-state index in [2.05, 4.69) is 35.6 Å². The fourth-order valence-electron chi connectivity index (χ4n) is 1.94. The molecule has 3 heteroatoms. The van der Waals surface area contributed by atoms with Gasteiger partial charge in [-0.1, -0.05) is 31.4 Å². The van der Waals surface area contributed by atoms with Gasteiger partial charge in [-0.25, -0.2) is 4.99 Å². The minimum absolute atomic E-state index is 0.193. The van der Waals surface area contributed by atoms with Crippen molar-refractivity contribution in [2.24, 2.45) is 4.99 Å². The second kappa shape index (κ2) is 5.44. The summed E-state index contributed by atoms with van der Waals surface area (Å²) in [7, 11) is 0. The molecular formula is C15H15N3. The van der Waals surface area contributed by atoms with Gasteiger partial charge in [-0.3, -0.25) is 0 Å². The van der Waals surface area contributed by atoms with E-state index in [1.54, 1.807) is 6.21 Å². The molecule has 1 aromatic carbocycles. The molecule has 0 radical (unpaired) electrons. The first-order chi connectivity index (χ1) is 8.70. The molecule has 1 N–H and O–H groups in total. The van der Waals surface area contributed by atoms with Gasteiger partial charge in [0.15, 0.2) is 0 Å². The number of aliphatic imine (C=N–C) groups is 1. The largest absolute Gasteiger partial charge is 0.312 e. The Morgan fingerprint density at radius 1 is 1.39 bits per heavy atom. The number of rotatable bonds is 3. The summed E-state index contributed by atoms with van der Waals surface area (Å²) in [5.41, 5.74) is 4.74. The Morgan fingerprint density at radius 2 is 2.22 bits per heavy atom. The van der Waals surface area contributed by atoms with Crippen LogP contribution in [0.4, 0.5) is 0 Å². The Bertz CT molecular complexity index is 562. The Morgan fingerprint density at radius 3 is 3.00 bits per heavy atom. The van der Waals surface area contributed by atoms with Crippen molar-refractivity contribution >= 4 is 11.8 Å². The maximum Gasteiger partial charge on any atom is 0.133 e. The molecule has 1 aliphatic heterocycles. The summed E-state index contributed by atoms with van der Waals surface area (Å²) in [5, 5.41) is 11.9. The van der Waals surface area contributed by atoms with Crippen LogP contribution in [0.1, 0.15) is 16.7 Å². The Balaban J connectivity index is 2.19. The summed E-state index contributed by atoms with van der Waals surface area (Å²) in [4.78, 5) is 3.94. The molecule has 0 aromatic heterocycles. The van der Waals surface area contributed by atoms with Crippen molar-refractivity contribution in [1.29, 1.82) is 5.26 Å². The Hall–Kier alpha value is -2.18. The molecule has 0 atom stereocenters. The van der Waals surface area contributed by atoms with Crippen LogP contribution in [-0.4, -0.2) is 12.8 Å². The van der Waals surface area contributed by atoms with Gasteiger partial charge in [-0.05, 0) is 35.2 Å². The Labute approximate surface area is 107 Å². The van der Waals surface area contributed by atoms with Gasteiger partial charge in [0.2, 0.25) is 0 Å². The minimum Gasteiger partial charge on any atom is -0.312 e. The molecule has 2 rings (SSSR count). The number of hydrogen-bond acceptors (Lipinski definition) is 3. The molecule has 18 heavy (non-hydrogen) atoms. The molecule has 0 spiro atoms. The molecule has 1 aliphatic rings. The van der Waals surface area contributed by atoms with Gasteiger partial charge in [0.05, 0.1) is 0 Å². The molecule has 1 aromatic rings. The van der Waals surface area contributed by atoms with E-state index in [1.807, 2.05) is 12.1 Å². The van der Waals surface area contributed by atoms with Gasteiger partial charge in [-0.15, -0.1) is 0 Å². The van der Waals surface area contributed by atoms with E-state index < -0.39 is 0 Å². The monoisotopic (exact) mass is 237 g/mol. The van der Waals surface area contributed by atoms with Gasteiger partial charge in [0.25, 0.3) is 0 Å². The number of fused-ring (bicyclic) bond motifs is 1. The van der Waals surface area contributed by atoms with Crippen molar-refractivity contribution in [3.63, 3.8) is 0 Å². The highest BCUT2D eigenvalue weighted by molar-refractivity contribution is 6.09. The highest BCUT2D eigenvalue weighted by atomic mass is 14.9. The fraction of sp³-hybridized carbons (Fsp3) is 0.200. The molecule has 0 amide bonds. The number of nitrogens with one attached hydrogen (secondary N) is 1. The lowest BCUT2D eigenvalue weighted by Crippen LogP contribution is -2.23. The quantitative estimate of drug-likeness (QED) is 0.648. The third-order valence-corrected chi connectivity index (χ3v) is 2.97.